The van der Waals surface area contributed by atoms with Gasteiger partial charge in [0.05, 0.1) is 13.2 Å². The summed E-state index contributed by atoms with van der Waals surface area (Å²) in [5, 5.41) is 6.77. The van der Waals surface area contributed by atoms with E-state index < -0.39 is 0 Å². The Balaban J connectivity index is 0.00000289. The molecule has 4 rings (SSSR count). The molecule has 2 N–H and O–H groups in total. The van der Waals surface area contributed by atoms with E-state index in [1.165, 1.54) is 16.7 Å². The van der Waals surface area contributed by atoms with Crippen molar-refractivity contribution in [2.75, 3.05) is 26.2 Å². The van der Waals surface area contributed by atoms with Crippen LogP contribution in [0.3, 0.4) is 0 Å². The standard InChI is InChI=1S/C25H32N4O2.HI/c1-2-26-25(27-12-10-19-8-9-23-22(16-19)11-14-31-23)28-17-20-5-3-6-21(15-20)18-29-13-4-7-24(29)30;/h3,5-6,8-9,15-16H,2,4,7,10-14,17-18H2,1H3,(H2,26,27,28);1H. The SMILES string of the molecule is CCNC(=NCc1cccc(CN2CCCC2=O)c1)NCCc1ccc2c(c1)CCO2.I. The number of fused-ring (bicyclic) bond motifs is 1. The fraction of sp³-hybridized carbons (Fsp3) is 0.440. The molecule has 0 spiro atoms. The molecule has 2 aromatic rings. The lowest BCUT2D eigenvalue weighted by Crippen LogP contribution is -2.38. The van der Waals surface area contributed by atoms with Crippen molar-refractivity contribution >= 4 is 35.8 Å². The summed E-state index contributed by atoms with van der Waals surface area (Å²) >= 11 is 0. The molecular formula is C25H33IN4O2. The third-order valence-electron chi connectivity index (χ3n) is 5.76. The largest absolute Gasteiger partial charge is 0.493 e. The lowest BCUT2D eigenvalue weighted by molar-refractivity contribution is -0.128. The monoisotopic (exact) mass is 548 g/mol. The summed E-state index contributed by atoms with van der Waals surface area (Å²) in [6.45, 7) is 6.68. The minimum atomic E-state index is 0. The molecule has 1 fully saturated rings. The minimum absolute atomic E-state index is 0. The van der Waals surface area contributed by atoms with Crippen molar-refractivity contribution in [3.63, 3.8) is 0 Å². The van der Waals surface area contributed by atoms with Crippen LogP contribution in [0.15, 0.2) is 47.5 Å². The summed E-state index contributed by atoms with van der Waals surface area (Å²) in [4.78, 5) is 18.6. The smallest absolute Gasteiger partial charge is 0.222 e. The Morgan fingerprint density at radius 3 is 2.78 bits per heavy atom. The van der Waals surface area contributed by atoms with Crippen LogP contribution >= 0.6 is 24.0 Å². The maximum atomic E-state index is 11.9. The first-order valence-electron chi connectivity index (χ1n) is 11.3. The van der Waals surface area contributed by atoms with Gasteiger partial charge in [0, 0.05) is 39.0 Å². The summed E-state index contributed by atoms with van der Waals surface area (Å²) in [6, 6.07) is 14.9. The van der Waals surface area contributed by atoms with Crippen molar-refractivity contribution in [3.05, 3.63) is 64.7 Å². The highest BCUT2D eigenvalue weighted by atomic mass is 127. The second-order valence-corrected chi connectivity index (χ2v) is 8.15. The van der Waals surface area contributed by atoms with E-state index in [-0.39, 0.29) is 29.9 Å². The van der Waals surface area contributed by atoms with Gasteiger partial charge in [-0.3, -0.25) is 4.79 Å². The molecule has 0 radical (unpaired) electrons. The van der Waals surface area contributed by atoms with E-state index in [9.17, 15) is 4.79 Å². The molecule has 1 saturated heterocycles. The first kappa shape index (κ1) is 24.4. The fourth-order valence-electron chi connectivity index (χ4n) is 4.15. The Kier molecular flexibility index (Phi) is 9.20. The average molecular weight is 548 g/mol. The van der Waals surface area contributed by atoms with Gasteiger partial charge in [-0.2, -0.15) is 0 Å². The Morgan fingerprint density at radius 1 is 1.09 bits per heavy atom. The highest BCUT2D eigenvalue weighted by Crippen LogP contribution is 2.25. The van der Waals surface area contributed by atoms with E-state index >= 15 is 0 Å². The van der Waals surface area contributed by atoms with Gasteiger partial charge in [-0.05, 0) is 48.1 Å². The van der Waals surface area contributed by atoms with Crippen molar-refractivity contribution in [2.24, 2.45) is 4.99 Å². The number of amides is 1. The molecule has 0 atom stereocenters. The highest BCUT2D eigenvalue weighted by molar-refractivity contribution is 14.0. The Bertz CT molecular complexity index is 947. The van der Waals surface area contributed by atoms with Gasteiger partial charge in [0.25, 0.3) is 0 Å². The van der Waals surface area contributed by atoms with Crippen LogP contribution in [0.2, 0.25) is 0 Å². The van der Waals surface area contributed by atoms with Crippen LogP contribution in [0, 0.1) is 0 Å². The van der Waals surface area contributed by atoms with Gasteiger partial charge in [-0.25, -0.2) is 4.99 Å². The number of likely N-dealkylation sites (tertiary alicyclic amines) is 1. The van der Waals surface area contributed by atoms with Gasteiger partial charge in [-0.1, -0.05) is 36.4 Å². The molecule has 6 nitrogen and oxygen atoms in total. The van der Waals surface area contributed by atoms with E-state index in [2.05, 4.69) is 60.0 Å². The van der Waals surface area contributed by atoms with Gasteiger partial charge < -0.3 is 20.3 Å². The second kappa shape index (κ2) is 12.1. The highest BCUT2D eigenvalue weighted by Gasteiger charge is 2.19. The zero-order valence-corrected chi connectivity index (χ0v) is 21.1. The van der Waals surface area contributed by atoms with Crippen LogP contribution in [-0.4, -0.2) is 43.0 Å². The summed E-state index contributed by atoms with van der Waals surface area (Å²) in [7, 11) is 0. The molecule has 2 aromatic carbocycles. The Hall–Kier alpha value is -2.29. The summed E-state index contributed by atoms with van der Waals surface area (Å²) in [5.41, 5.74) is 4.95. The summed E-state index contributed by atoms with van der Waals surface area (Å²) < 4.78 is 5.59. The number of rotatable bonds is 8. The molecule has 7 heteroatoms. The number of aliphatic imine (C=N–C) groups is 1. The molecule has 1 amide bonds. The zero-order valence-electron chi connectivity index (χ0n) is 18.7. The van der Waals surface area contributed by atoms with Gasteiger partial charge in [0.1, 0.15) is 5.75 Å². The number of nitrogens with zero attached hydrogens (tertiary/aromatic N) is 2. The predicted octanol–water partition coefficient (Wildman–Crippen LogP) is 3.66. The molecule has 0 saturated carbocycles. The van der Waals surface area contributed by atoms with E-state index in [1.54, 1.807) is 0 Å². The molecule has 32 heavy (non-hydrogen) atoms. The second-order valence-electron chi connectivity index (χ2n) is 8.15. The summed E-state index contributed by atoms with van der Waals surface area (Å²) in [5.74, 6) is 2.12. The van der Waals surface area contributed by atoms with Crippen LogP contribution < -0.4 is 15.4 Å². The number of hydrogen-bond acceptors (Lipinski definition) is 3. The van der Waals surface area contributed by atoms with Crippen LogP contribution in [0.5, 0.6) is 5.75 Å². The zero-order chi connectivity index (χ0) is 21.5. The van der Waals surface area contributed by atoms with Crippen LogP contribution in [0.25, 0.3) is 0 Å². The number of guanidine groups is 1. The van der Waals surface area contributed by atoms with Crippen molar-refractivity contribution < 1.29 is 9.53 Å². The number of carbonyl (C=O) groups excluding carboxylic acids is 1. The lowest BCUT2D eigenvalue weighted by Gasteiger charge is -2.16. The van der Waals surface area contributed by atoms with Gasteiger partial charge in [-0.15, -0.1) is 24.0 Å². The summed E-state index contributed by atoms with van der Waals surface area (Å²) in [6.07, 6.45) is 3.60. The lowest BCUT2D eigenvalue weighted by atomic mass is 10.1. The molecular weight excluding hydrogens is 515 g/mol. The molecule has 0 bridgehead atoms. The van der Waals surface area contributed by atoms with Gasteiger partial charge in [0.2, 0.25) is 5.91 Å². The van der Waals surface area contributed by atoms with Gasteiger partial charge >= 0.3 is 0 Å². The van der Waals surface area contributed by atoms with Crippen LogP contribution in [-0.2, 0) is 30.7 Å². The van der Waals surface area contributed by atoms with E-state index in [0.717, 1.165) is 62.8 Å². The third kappa shape index (κ3) is 6.60. The van der Waals surface area contributed by atoms with E-state index in [1.807, 2.05) is 4.90 Å². The molecule has 0 aliphatic carbocycles. The molecule has 2 aliphatic rings. The number of ether oxygens (including phenoxy) is 1. The van der Waals surface area contributed by atoms with Crippen molar-refractivity contribution in [1.82, 2.24) is 15.5 Å². The number of nitrogens with one attached hydrogen (secondary N) is 2. The normalized spacial score (nSPS) is 15.2. The minimum Gasteiger partial charge on any atom is -0.493 e. The molecule has 0 aromatic heterocycles. The quantitative estimate of drug-likeness (QED) is 0.300. The van der Waals surface area contributed by atoms with Gasteiger partial charge in [0.15, 0.2) is 5.96 Å². The maximum absolute atomic E-state index is 11.9. The number of hydrogen-bond donors (Lipinski definition) is 2. The predicted molar refractivity (Wildman–Crippen MR) is 139 cm³/mol. The fourth-order valence-corrected chi connectivity index (χ4v) is 4.15. The number of benzene rings is 2. The first-order chi connectivity index (χ1) is 15.2. The number of carbonyl (C=O) groups is 1. The van der Waals surface area contributed by atoms with Crippen molar-refractivity contribution in [2.45, 2.75) is 45.7 Å². The van der Waals surface area contributed by atoms with Crippen molar-refractivity contribution in [1.29, 1.82) is 0 Å². The molecule has 2 aliphatic heterocycles. The first-order valence-corrected chi connectivity index (χ1v) is 11.3. The van der Waals surface area contributed by atoms with Crippen molar-refractivity contribution in [3.8, 4) is 5.75 Å². The Morgan fingerprint density at radius 2 is 1.97 bits per heavy atom. The molecule has 172 valence electrons. The maximum Gasteiger partial charge on any atom is 0.222 e. The van der Waals surface area contributed by atoms with Crippen LogP contribution in [0.1, 0.15) is 42.0 Å². The molecule has 2 heterocycles. The topological polar surface area (TPSA) is 66.0 Å². The van der Waals surface area contributed by atoms with E-state index in [0.29, 0.717) is 19.5 Å². The average Bonchev–Trinajstić information content (AvgIpc) is 3.41. The molecule has 0 unspecified atom stereocenters. The van der Waals surface area contributed by atoms with Crippen LogP contribution in [0.4, 0.5) is 0 Å². The number of halogens is 1. The van der Waals surface area contributed by atoms with E-state index in [4.69, 9.17) is 9.73 Å². The third-order valence-corrected chi connectivity index (χ3v) is 5.76. The Labute approximate surface area is 207 Å².